The van der Waals surface area contributed by atoms with E-state index >= 15 is 0 Å². The molecule has 34 heavy (non-hydrogen) atoms. The molecular formula is C30H40N4. The molecule has 180 valence electrons. The third kappa shape index (κ3) is 9.50. The zero-order chi connectivity index (χ0) is 25.3. The van der Waals surface area contributed by atoms with Gasteiger partial charge in [-0.25, -0.2) is 4.99 Å². The molecule has 0 fully saturated rings. The van der Waals surface area contributed by atoms with Gasteiger partial charge in [0.2, 0.25) is 0 Å². The summed E-state index contributed by atoms with van der Waals surface area (Å²) in [6, 6.07) is 4.19. The monoisotopic (exact) mass is 456 g/mol. The second-order valence-electron chi connectivity index (χ2n) is 7.80. The van der Waals surface area contributed by atoms with Gasteiger partial charge in [-0.1, -0.05) is 83.6 Å². The maximum Gasteiger partial charge on any atom is 0.103 e. The fraction of sp³-hybridized carbons (Fsp3) is 0.333. The predicted octanol–water partition coefficient (Wildman–Crippen LogP) is 7.94. The van der Waals surface area contributed by atoms with Crippen LogP contribution in [-0.4, -0.2) is 12.1 Å². The number of nitrogens with one attached hydrogen (secondary N) is 2. The molecule has 0 saturated carbocycles. The minimum absolute atomic E-state index is 0.712. The van der Waals surface area contributed by atoms with Crippen molar-refractivity contribution in [3.05, 3.63) is 84.4 Å². The third-order valence-electron chi connectivity index (χ3n) is 4.95. The SMILES string of the molecule is C=C/C=N\c1c(CCC)ccc(NC(=C)/C(C=C)=C\N=C(/C)N/C(C#CCC)=C/CCC)c1C. The van der Waals surface area contributed by atoms with E-state index in [1.807, 2.05) is 13.8 Å². The summed E-state index contributed by atoms with van der Waals surface area (Å²) in [6.07, 6.45) is 13.9. The predicted molar refractivity (Wildman–Crippen MR) is 152 cm³/mol. The number of hydrogen-bond donors (Lipinski definition) is 2. The summed E-state index contributed by atoms with van der Waals surface area (Å²) in [5.41, 5.74) is 6.60. The van der Waals surface area contributed by atoms with Crippen LogP contribution in [0.1, 0.15) is 64.5 Å². The Morgan fingerprint density at radius 2 is 1.91 bits per heavy atom. The van der Waals surface area contributed by atoms with E-state index in [0.717, 1.165) is 66.1 Å². The van der Waals surface area contributed by atoms with Gasteiger partial charge in [-0.15, -0.1) is 0 Å². The highest BCUT2D eigenvalue weighted by Crippen LogP contribution is 2.32. The zero-order valence-corrected chi connectivity index (χ0v) is 21.6. The highest BCUT2D eigenvalue weighted by molar-refractivity contribution is 5.83. The van der Waals surface area contributed by atoms with Gasteiger partial charge in [-0.3, -0.25) is 4.99 Å². The van der Waals surface area contributed by atoms with E-state index in [0.29, 0.717) is 5.70 Å². The standard InChI is InChI=1S/C30H40N4/c1-9-14-17-28(18-15-10-2)34-25(8)32-22-26(13-5)24(7)33-29-20-19-27(16-11-3)30(23(29)6)31-21-12-4/h12-13,17,19-22,33H,4-5,7,9-11,14,16H2,1-3,6,8H3,(H,32,34)/b26-22-,28-17+,31-21-. The van der Waals surface area contributed by atoms with E-state index in [1.165, 1.54) is 5.56 Å². The number of hydrogen-bond acceptors (Lipinski definition) is 3. The van der Waals surface area contributed by atoms with Crippen molar-refractivity contribution in [2.24, 2.45) is 9.98 Å². The quantitative estimate of drug-likeness (QED) is 0.145. The smallest absolute Gasteiger partial charge is 0.103 e. The molecule has 0 bridgehead atoms. The Morgan fingerprint density at radius 3 is 2.53 bits per heavy atom. The Kier molecular flexibility index (Phi) is 13.5. The molecular weight excluding hydrogens is 416 g/mol. The van der Waals surface area contributed by atoms with Crippen LogP contribution < -0.4 is 10.6 Å². The lowest BCUT2D eigenvalue weighted by molar-refractivity contribution is 0.920. The van der Waals surface area contributed by atoms with Crippen LogP contribution in [0.15, 0.2) is 83.2 Å². The Bertz CT molecular complexity index is 1040. The lowest BCUT2D eigenvalue weighted by atomic mass is 10.0. The van der Waals surface area contributed by atoms with Gasteiger partial charge in [0.1, 0.15) is 5.84 Å². The number of allylic oxidation sites excluding steroid dienone is 4. The number of aryl methyl sites for hydroxylation is 1. The maximum atomic E-state index is 4.61. The molecule has 0 radical (unpaired) electrons. The first kappa shape index (κ1) is 28.5. The fourth-order valence-electron chi connectivity index (χ4n) is 3.16. The summed E-state index contributed by atoms with van der Waals surface area (Å²) in [6.45, 7) is 22.2. The normalized spacial score (nSPS) is 12.2. The second-order valence-corrected chi connectivity index (χ2v) is 7.80. The van der Waals surface area contributed by atoms with Crippen molar-refractivity contribution < 1.29 is 0 Å². The summed E-state index contributed by atoms with van der Waals surface area (Å²) >= 11 is 0. The van der Waals surface area contributed by atoms with Crippen LogP contribution >= 0.6 is 0 Å². The van der Waals surface area contributed by atoms with Crippen LogP contribution in [0.25, 0.3) is 0 Å². The number of anilines is 1. The number of benzene rings is 1. The molecule has 0 aromatic heterocycles. The van der Waals surface area contributed by atoms with Gasteiger partial charge in [0.15, 0.2) is 0 Å². The van der Waals surface area contributed by atoms with E-state index in [1.54, 1.807) is 24.6 Å². The van der Waals surface area contributed by atoms with Gasteiger partial charge in [0.05, 0.1) is 11.4 Å². The Labute approximate surface area is 207 Å². The molecule has 0 amide bonds. The molecule has 4 nitrogen and oxygen atoms in total. The summed E-state index contributed by atoms with van der Waals surface area (Å²) in [4.78, 5) is 9.17. The minimum atomic E-state index is 0.712. The van der Waals surface area contributed by atoms with Crippen molar-refractivity contribution in [1.82, 2.24) is 5.32 Å². The van der Waals surface area contributed by atoms with Crippen LogP contribution in [0.4, 0.5) is 11.4 Å². The van der Waals surface area contributed by atoms with Gasteiger partial charge >= 0.3 is 0 Å². The van der Waals surface area contributed by atoms with Gasteiger partial charge in [0, 0.05) is 35.8 Å². The Morgan fingerprint density at radius 1 is 1.15 bits per heavy atom. The van der Waals surface area contributed by atoms with Crippen LogP contribution in [0, 0.1) is 18.8 Å². The maximum absolute atomic E-state index is 4.61. The molecule has 1 aromatic rings. The number of unbranched alkanes of at least 4 members (excludes halogenated alkanes) is 1. The van der Waals surface area contributed by atoms with Crippen molar-refractivity contribution in [2.75, 3.05) is 5.32 Å². The van der Waals surface area contributed by atoms with E-state index in [4.69, 9.17) is 0 Å². The molecule has 0 spiro atoms. The van der Waals surface area contributed by atoms with Gasteiger partial charge < -0.3 is 10.6 Å². The first-order valence-corrected chi connectivity index (χ1v) is 12.0. The van der Waals surface area contributed by atoms with E-state index < -0.39 is 0 Å². The number of aliphatic imine (C=N–C) groups is 2. The minimum Gasteiger partial charge on any atom is -0.355 e. The van der Waals surface area contributed by atoms with Crippen molar-refractivity contribution >= 4 is 23.4 Å². The molecule has 0 aliphatic heterocycles. The van der Waals surface area contributed by atoms with Crippen LogP contribution in [0.2, 0.25) is 0 Å². The van der Waals surface area contributed by atoms with E-state index in [-0.39, 0.29) is 0 Å². The van der Waals surface area contributed by atoms with E-state index in [9.17, 15) is 0 Å². The highest BCUT2D eigenvalue weighted by atomic mass is 15.0. The molecule has 1 rings (SSSR count). The molecule has 0 aliphatic rings. The van der Waals surface area contributed by atoms with Crippen molar-refractivity contribution in [1.29, 1.82) is 0 Å². The Balaban J connectivity index is 3.12. The number of amidine groups is 1. The van der Waals surface area contributed by atoms with Crippen molar-refractivity contribution in [2.45, 2.75) is 66.7 Å². The average molecular weight is 457 g/mol. The molecule has 0 atom stereocenters. The molecule has 2 N–H and O–H groups in total. The zero-order valence-electron chi connectivity index (χ0n) is 21.6. The molecule has 0 unspecified atom stereocenters. The lowest BCUT2D eigenvalue weighted by Crippen LogP contribution is -2.18. The first-order valence-electron chi connectivity index (χ1n) is 12.0. The highest BCUT2D eigenvalue weighted by Gasteiger charge is 2.10. The fourth-order valence-corrected chi connectivity index (χ4v) is 3.16. The van der Waals surface area contributed by atoms with Gasteiger partial charge in [-0.2, -0.15) is 0 Å². The Hall–Kier alpha value is -3.58. The number of rotatable bonds is 12. The van der Waals surface area contributed by atoms with Crippen LogP contribution in [0.3, 0.4) is 0 Å². The largest absolute Gasteiger partial charge is 0.355 e. The lowest BCUT2D eigenvalue weighted by Gasteiger charge is -2.16. The molecule has 4 heteroatoms. The van der Waals surface area contributed by atoms with E-state index in [2.05, 4.69) is 91.2 Å². The molecule has 0 aliphatic carbocycles. The topological polar surface area (TPSA) is 48.8 Å². The summed E-state index contributed by atoms with van der Waals surface area (Å²) in [5.74, 6) is 7.03. The third-order valence-corrected chi connectivity index (χ3v) is 4.95. The summed E-state index contributed by atoms with van der Waals surface area (Å²) in [5, 5.41) is 6.70. The average Bonchev–Trinajstić information content (AvgIpc) is 2.82. The molecule has 1 aromatic carbocycles. The first-order chi connectivity index (χ1) is 16.4. The summed E-state index contributed by atoms with van der Waals surface area (Å²) in [7, 11) is 0. The van der Waals surface area contributed by atoms with Crippen LogP contribution in [0.5, 0.6) is 0 Å². The van der Waals surface area contributed by atoms with Crippen molar-refractivity contribution in [3.8, 4) is 11.8 Å². The molecule has 0 heterocycles. The van der Waals surface area contributed by atoms with Crippen molar-refractivity contribution in [3.63, 3.8) is 0 Å². The van der Waals surface area contributed by atoms with Gasteiger partial charge in [-0.05, 0) is 49.8 Å². The summed E-state index contributed by atoms with van der Waals surface area (Å²) < 4.78 is 0. The van der Waals surface area contributed by atoms with Crippen LogP contribution in [-0.2, 0) is 6.42 Å². The van der Waals surface area contributed by atoms with Gasteiger partial charge in [0.25, 0.3) is 0 Å². The second kappa shape index (κ2) is 16.1. The molecule has 0 saturated heterocycles. The number of nitrogens with zero attached hydrogens (tertiary/aromatic N) is 2.